The third-order valence-electron chi connectivity index (χ3n) is 7.39. The summed E-state index contributed by atoms with van der Waals surface area (Å²) in [6.07, 6.45) is 13.7. The predicted molar refractivity (Wildman–Crippen MR) is 147 cm³/mol. The maximum Gasteiger partial charge on any atom is 0.294 e. The minimum absolute atomic E-state index is 0.151. The van der Waals surface area contributed by atoms with Crippen molar-refractivity contribution in [2.24, 2.45) is 0 Å². The zero-order valence-corrected chi connectivity index (χ0v) is 24.1. The molecule has 0 spiro atoms. The molecule has 214 valence electrons. The molecular weight excluding hydrogens is 504 g/mol. The van der Waals surface area contributed by atoms with Gasteiger partial charge in [0.2, 0.25) is 0 Å². The van der Waals surface area contributed by atoms with Gasteiger partial charge in [-0.15, -0.1) is 5.92 Å². The second-order valence-corrected chi connectivity index (χ2v) is 12.5. The van der Waals surface area contributed by atoms with Gasteiger partial charge in [0.25, 0.3) is 10.1 Å². The first kappa shape index (κ1) is 31.1. The molecule has 0 aliphatic carbocycles. The van der Waals surface area contributed by atoms with Gasteiger partial charge in [-0.1, -0.05) is 89.2 Å². The van der Waals surface area contributed by atoms with Gasteiger partial charge in [-0.3, -0.25) is 4.55 Å². The van der Waals surface area contributed by atoms with E-state index in [0.29, 0.717) is 19.3 Å². The SMILES string of the molecule is CCCCCCCCCCCCCC#C[C@@]1(O)C(CCc2ccc(S(=O)(=O)O)cc2)O[C@@H]2OC(C)(C)O[C@@H]21. The van der Waals surface area contributed by atoms with Gasteiger partial charge in [0, 0.05) is 6.42 Å². The van der Waals surface area contributed by atoms with Crippen LogP contribution in [-0.4, -0.2) is 48.0 Å². The summed E-state index contributed by atoms with van der Waals surface area (Å²) in [4.78, 5) is -0.151. The molecule has 7 nitrogen and oxygen atoms in total. The number of aryl methyl sites for hydroxylation is 1. The summed E-state index contributed by atoms with van der Waals surface area (Å²) >= 11 is 0. The predicted octanol–water partition coefficient (Wildman–Crippen LogP) is 6.18. The van der Waals surface area contributed by atoms with Crippen molar-refractivity contribution in [1.82, 2.24) is 0 Å². The van der Waals surface area contributed by atoms with E-state index in [-0.39, 0.29) is 4.90 Å². The number of rotatable bonds is 15. The smallest absolute Gasteiger partial charge is 0.294 e. The highest BCUT2D eigenvalue weighted by molar-refractivity contribution is 7.85. The third-order valence-corrected chi connectivity index (χ3v) is 8.26. The lowest BCUT2D eigenvalue weighted by atomic mass is 9.89. The van der Waals surface area contributed by atoms with Gasteiger partial charge in [0.1, 0.15) is 6.10 Å². The van der Waals surface area contributed by atoms with E-state index < -0.39 is 40.0 Å². The van der Waals surface area contributed by atoms with Crippen molar-refractivity contribution in [3.05, 3.63) is 29.8 Å². The fraction of sp³-hybridized carbons (Fsp3) is 0.733. The van der Waals surface area contributed by atoms with Gasteiger partial charge < -0.3 is 19.3 Å². The fourth-order valence-electron chi connectivity index (χ4n) is 5.22. The fourth-order valence-corrected chi connectivity index (χ4v) is 5.70. The van der Waals surface area contributed by atoms with Crippen molar-refractivity contribution in [2.75, 3.05) is 0 Å². The summed E-state index contributed by atoms with van der Waals surface area (Å²) in [6, 6.07) is 6.02. The standard InChI is InChI=1S/C30H46O7S/c1-4-5-6-7-8-9-10-11-12-13-14-15-16-23-30(31)26(35-28-27(30)36-29(2,3)37-28)22-19-24-17-20-25(21-18-24)38(32,33)34/h17-18,20-21,26-28,31H,4-15,19,22H2,1-3H3,(H,32,33,34)/t26?,27-,28+,30+/m0/s1. The molecule has 2 fully saturated rings. The Morgan fingerprint density at radius 3 is 2.05 bits per heavy atom. The summed E-state index contributed by atoms with van der Waals surface area (Å²) in [7, 11) is -4.23. The molecule has 2 heterocycles. The minimum Gasteiger partial charge on any atom is -0.372 e. The Labute approximate surface area is 229 Å². The number of hydrogen-bond acceptors (Lipinski definition) is 6. The maximum absolute atomic E-state index is 11.6. The van der Waals surface area contributed by atoms with Gasteiger partial charge in [-0.05, 0) is 50.8 Å². The number of unbranched alkanes of at least 4 members (excludes halogenated alkanes) is 11. The van der Waals surface area contributed by atoms with Crippen molar-refractivity contribution in [2.45, 2.75) is 145 Å². The highest BCUT2D eigenvalue weighted by Crippen LogP contribution is 2.44. The van der Waals surface area contributed by atoms with E-state index in [1.807, 2.05) is 0 Å². The lowest BCUT2D eigenvalue weighted by Crippen LogP contribution is -2.48. The van der Waals surface area contributed by atoms with Crippen LogP contribution in [0.5, 0.6) is 0 Å². The molecule has 2 saturated heterocycles. The van der Waals surface area contributed by atoms with Crippen LogP contribution in [0, 0.1) is 11.8 Å². The second-order valence-electron chi connectivity index (χ2n) is 11.1. The van der Waals surface area contributed by atoms with Crippen LogP contribution in [0.25, 0.3) is 0 Å². The van der Waals surface area contributed by atoms with Crippen LogP contribution in [0.4, 0.5) is 0 Å². The highest BCUT2D eigenvalue weighted by atomic mass is 32.2. The monoisotopic (exact) mass is 550 g/mol. The molecule has 1 aromatic carbocycles. The average molecular weight is 551 g/mol. The Hall–Kier alpha value is -1.47. The first-order chi connectivity index (χ1) is 18.0. The van der Waals surface area contributed by atoms with Crippen LogP contribution in [0.15, 0.2) is 29.2 Å². The lowest BCUT2D eigenvalue weighted by Gasteiger charge is -2.29. The number of hydrogen-bond donors (Lipinski definition) is 2. The summed E-state index contributed by atoms with van der Waals surface area (Å²) in [5.41, 5.74) is -0.638. The Morgan fingerprint density at radius 2 is 1.47 bits per heavy atom. The van der Waals surface area contributed by atoms with Gasteiger partial charge >= 0.3 is 0 Å². The number of benzene rings is 1. The quantitative estimate of drug-likeness (QED) is 0.153. The van der Waals surface area contributed by atoms with Crippen LogP contribution in [-0.2, 0) is 30.7 Å². The van der Waals surface area contributed by atoms with Crippen LogP contribution >= 0.6 is 0 Å². The van der Waals surface area contributed by atoms with Gasteiger partial charge in [-0.25, -0.2) is 0 Å². The Kier molecular flexibility index (Phi) is 11.6. The van der Waals surface area contributed by atoms with Gasteiger partial charge in [0.05, 0.1) is 4.90 Å². The Bertz CT molecular complexity index is 1020. The molecule has 8 heteroatoms. The molecule has 0 amide bonds. The molecule has 1 unspecified atom stereocenters. The molecule has 0 aromatic heterocycles. The second kappa shape index (κ2) is 14.2. The molecule has 3 rings (SSSR count). The van der Waals surface area contributed by atoms with Crippen molar-refractivity contribution in [3.63, 3.8) is 0 Å². The summed E-state index contributed by atoms with van der Waals surface area (Å²) in [5, 5.41) is 11.6. The van der Waals surface area contributed by atoms with Crippen molar-refractivity contribution >= 4 is 10.1 Å². The van der Waals surface area contributed by atoms with E-state index in [2.05, 4.69) is 18.8 Å². The molecule has 0 saturated carbocycles. The largest absolute Gasteiger partial charge is 0.372 e. The van der Waals surface area contributed by atoms with E-state index in [1.54, 1.807) is 26.0 Å². The molecule has 38 heavy (non-hydrogen) atoms. The Morgan fingerprint density at radius 1 is 0.895 bits per heavy atom. The first-order valence-electron chi connectivity index (χ1n) is 14.3. The van der Waals surface area contributed by atoms with Crippen molar-refractivity contribution < 1.29 is 32.3 Å². The first-order valence-corrected chi connectivity index (χ1v) is 15.8. The number of aliphatic hydroxyl groups is 1. The molecule has 2 aliphatic heterocycles. The van der Waals surface area contributed by atoms with Crippen molar-refractivity contribution in [1.29, 1.82) is 0 Å². The summed E-state index contributed by atoms with van der Waals surface area (Å²) in [5.74, 6) is 5.40. The normalized spacial score (nSPS) is 26.2. The van der Waals surface area contributed by atoms with Gasteiger partial charge in [-0.2, -0.15) is 8.42 Å². The molecule has 2 N–H and O–H groups in total. The summed E-state index contributed by atoms with van der Waals surface area (Å²) in [6.45, 7) is 5.83. The minimum atomic E-state index is -4.23. The van der Waals surface area contributed by atoms with E-state index in [4.69, 9.17) is 14.2 Å². The van der Waals surface area contributed by atoms with Crippen LogP contribution in [0.2, 0.25) is 0 Å². The van der Waals surface area contributed by atoms with E-state index in [0.717, 1.165) is 18.4 Å². The zero-order valence-electron chi connectivity index (χ0n) is 23.3. The van der Waals surface area contributed by atoms with Crippen LogP contribution < -0.4 is 0 Å². The molecular formula is C30H46O7S. The molecule has 2 aliphatic rings. The lowest BCUT2D eigenvalue weighted by molar-refractivity contribution is -0.222. The van der Waals surface area contributed by atoms with Crippen molar-refractivity contribution in [3.8, 4) is 11.8 Å². The zero-order chi connectivity index (χ0) is 27.7. The average Bonchev–Trinajstić information content (AvgIpc) is 3.30. The van der Waals surface area contributed by atoms with Gasteiger partial charge in [0.15, 0.2) is 23.8 Å². The van der Waals surface area contributed by atoms with Crippen LogP contribution in [0.3, 0.4) is 0 Å². The molecule has 0 radical (unpaired) electrons. The maximum atomic E-state index is 11.6. The molecule has 1 aromatic rings. The van der Waals surface area contributed by atoms with E-state index >= 15 is 0 Å². The molecule has 4 atom stereocenters. The summed E-state index contributed by atoms with van der Waals surface area (Å²) < 4.78 is 49.7. The third kappa shape index (κ3) is 9.04. The highest BCUT2D eigenvalue weighted by Gasteiger charge is 2.62. The van der Waals surface area contributed by atoms with Crippen LogP contribution in [0.1, 0.15) is 110 Å². The topological polar surface area (TPSA) is 102 Å². The molecule has 0 bridgehead atoms. The number of ether oxygens (including phenoxy) is 3. The number of fused-ring (bicyclic) bond motifs is 1. The van der Waals surface area contributed by atoms with E-state index in [1.165, 1.54) is 69.9 Å². The van der Waals surface area contributed by atoms with E-state index in [9.17, 15) is 18.1 Å². The Balaban J connectivity index is 1.48.